The summed E-state index contributed by atoms with van der Waals surface area (Å²) in [6.45, 7) is 0. The number of nitrogens with two attached hydrogens (primary N) is 1. The normalized spacial score (nSPS) is 13.6. The van der Waals surface area contributed by atoms with Crippen LogP contribution in [0.3, 0.4) is 0 Å². The average molecular weight is 348 g/mol. The van der Waals surface area contributed by atoms with E-state index in [2.05, 4.69) is 15.9 Å². The van der Waals surface area contributed by atoms with E-state index in [1.807, 2.05) is 0 Å². The summed E-state index contributed by atoms with van der Waals surface area (Å²) in [5.41, 5.74) is 1.66. The monoisotopic (exact) mass is 347 g/mol. The first-order chi connectivity index (χ1) is 7.79. The molecule has 1 aromatic rings. The van der Waals surface area contributed by atoms with Crippen LogP contribution in [-0.2, 0) is 10.8 Å². The zero-order valence-electron chi connectivity index (χ0n) is 8.46. The number of hydrogen-bond acceptors (Lipinski definition) is 3. The molecule has 1 atom stereocenters. The highest BCUT2D eigenvalue weighted by molar-refractivity contribution is 9.10. The Hall–Kier alpha value is -0.210. The molecule has 1 unspecified atom stereocenters. The van der Waals surface area contributed by atoms with E-state index in [-0.39, 0.29) is 23.3 Å². The molecule has 0 radical (unpaired) electrons. The Labute approximate surface area is 112 Å². The molecule has 0 aliphatic heterocycles. The van der Waals surface area contributed by atoms with Gasteiger partial charge >= 0.3 is 5.51 Å². The van der Waals surface area contributed by atoms with Gasteiger partial charge in [0, 0.05) is 21.7 Å². The second-order valence-electron chi connectivity index (χ2n) is 3.03. The van der Waals surface area contributed by atoms with Gasteiger partial charge in [-0.05, 0) is 18.2 Å². The third-order valence-corrected chi connectivity index (χ3v) is 4.68. The quantitative estimate of drug-likeness (QED) is 0.849. The standard InChI is InChI=1S/C9H9BrF3NOS2/c10-6-1-2-8(7(14)5-6)17(15)4-3-16-9(11,12)13/h1-2,5H,3-4,14H2. The maximum Gasteiger partial charge on any atom is 0.441 e. The van der Waals surface area contributed by atoms with Crippen LogP contribution in [0.5, 0.6) is 0 Å². The summed E-state index contributed by atoms with van der Waals surface area (Å²) >= 11 is 3.01. The van der Waals surface area contributed by atoms with E-state index in [9.17, 15) is 17.4 Å². The Morgan fingerprint density at radius 3 is 2.59 bits per heavy atom. The van der Waals surface area contributed by atoms with Crippen LogP contribution in [0.1, 0.15) is 0 Å². The zero-order chi connectivity index (χ0) is 13.1. The first kappa shape index (κ1) is 14.8. The lowest BCUT2D eigenvalue weighted by atomic mass is 10.3. The molecule has 2 N–H and O–H groups in total. The van der Waals surface area contributed by atoms with Gasteiger partial charge in [0.25, 0.3) is 0 Å². The number of rotatable bonds is 4. The van der Waals surface area contributed by atoms with E-state index in [4.69, 9.17) is 5.73 Å². The van der Waals surface area contributed by atoms with E-state index in [1.165, 1.54) is 0 Å². The number of benzene rings is 1. The van der Waals surface area contributed by atoms with Gasteiger partial charge in [0.1, 0.15) is 0 Å². The van der Waals surface area contributed by atoms with Crippen molar-refractivity contribution in [3.05, 3.63) is 22.7 Å². The molecule has 0 saturated carbocycles. The van der Waals surface area contributed by atoms with Crippen LogP contribution in [0, 0.1) is 0 Å². The van der Waals surface area contributed by atoms with Crippen LogP contribution >= 0.6 is 27.7 Å². The maximum absolute atomic E-state index is 11.9. The van der Waals surface area contributed by atoms with Crippen LogP contribution < -0.4 is 5.73 Å². The summed E-state index contributed by atoms with van der Waals surface area (Å²) < 4.78 is 48.1. The number of alkyl halides is 3. The van der Waals surface area contributed by atoms with Gasteiger partial charge in [-0.1, -0.05) is 27.7 Å². The van der Waals surface area contributed by atoms with E-state index in [0.29, 0.717) is 10.6 Å². The fraction of sp³-hybridized carbons (Fsp3) is 0.333. The molecule has 0 aliphatic carbocycles. The molecule has 0 heterocycles. The topological polar surface area (TPSA) is 43.1 Å². The Morgan fingerprint density at radius 2 is 2.06 bits per heavy atom. The molecule has 0 amide bonds. The lowest BCUT2D eigenvalue weighted by Gasteiger charge is -2.07. The van der Waals surface area contributed by atoms with E-state index in [0.717, 1.165) is 4.47 Å². The molecule has 0 saturated heterocycles. The Kier molecular flexibility index (Phi) is 5.33. The molecule has 0 bridgehead atoms. The number of hydrogen-bond donors (Lipinski definition) is 1. The van der Waals surface area contributed by atoms with Crippen molar-refractivity contribution in [3.8, 4) is 0 Å². The fourth-order valence-corrected chi connectivity index (χ4v) is 3.38. The molecule has 0 aromatic heterocycles. The molecule has 1 rings (SSSR count). The SMILES string of the molecule is Nc1cc(Br)ccc1S(=O)CCSC(F)(F)F. The highest BCUT2D eigenvalue weighted by Crippen LogP contribution is 2.30. The smallest absolute Gasteiger partial charge is 0.398 e. The van der Waals surface area contributed by atoms with Gasteiger partial charge < -0.3 is 5.73 Å². The molecule has 0 aliphatic rings. The van der Waals surface area contributed by atoms with Crippen molar-refractivity contribution in [2.24, 2.45) is 0 Å². The Morgan fingerprint density at radius 1 is 1.41 bits per heavy atom. The molecule has 0 spiro atoms. The molecule has 0 fully saturated rings. The fourth-order valence-electron chi connectivity index (χ4n) is 1.07. The van der Waals surface area contributed by atoms with Crippen LogP contribution in [-0.4, -0.2) is 21.2 Å². The third-order valence-electron chi connectivity index (χ3n) is 1.75. The van der Waals surface area contributed by atoms with Gasteiger partial charge in [-0.2, -0.15) is 13.2 Å². The van der Waals surface area contributed by atoms with Crippen molar-refractivity contribution in [1.82, 2.24) is 0 Å². The van der Waals surface area contributed by atoms with Gasteiger partial charge in [-0.25, -0.2) is 0 Å². The number of anilines is 1. The predicted molar refractivity (Wildman–Crippen MR) is 68.3 cm³/mol. The van der Waals surface area contributed by atoms with Crippen molar-refractivity contribution in [2.75, 3.05) is 17.2 Å². The van der Waals surface area contributed by atoms with Crippen LogP contribution in [0.15, 0.2) is 27.6 Å². The minimum atomic E-state index is -4.28. The number of halogens is 4. The molecular formula is C9H9BrF3NOS2. The summed E-state index contributed by atoms with van der Waals surface area (Å²) in [5, 5.41) is 0. The van der Waals surface area contributed by atoms with Crippen LogP contribution in [0.25, 0.3) is 0 Å². The minimum absolute atomic E-state index is 0.0734. The van der Waals surface area contributed by atoms with Gasteiger partial charge in [-0.15, -0.1) is 0 Å². The largest absolute Gasteiger partial charge is 0.441 e. The summed E-state index contributed by atoms with van der Waals surface area (Å²) in [7, 11) is -1.50. The van der Waals surface area contributed by atoms with Crippen molar-refractivity contribution >= 4 is 44.2 Å². The average Bonchev–Trinajstić information content (AvgIpc) is 2.15. The first-order valence-corrected chi connectivity index (χ1v) is 7.53. The van der Waals surface area contributed by atoms with E-state index in [1.54, 1.807) is 18.2 Å². The van der Waals surface area contributed by atoms with Gasteiger partial charge in [-0.3, -0.25) is 4.21 Å². The number of nitrogen functional groups attached to an aromatic ring is 1. The predicted octanol–water partition coefficient (Wildman–Crippen LogP) is 3.39. The summed E-state index contributed by atoms with van der Waals surface area (Å²) in [4.78, 5) is 0.371. The first-order valence-electron chi connectivity index (χ1n) is 4.43. The summed E-state index contributed by atoms with van der Waals surface area (Å²) in [6.07, 6.45) is 0. The molecule has 2 nitrogen and oxygen atoms in total. The molecular weight excluding hydrogens is 339 g/mol. The highest BCUT2D eigenvalue weighted by Gasteiger charge is 2.28. The molecule has 96 valence electrons. The van der Waals surface area contributed by atoms with Gasteiger partial charge in [0.15, 0.2) is 0 Å². The van der Waals surface area contributed by atoms with Crippen molar-refractivity contribution in [2.45, 2.75) is 10.4 Å². The molecule has 17 heavy (non-hydrogen) atoms. The minimum Gasteiger partial charge on any atom is -0.398 e. The van der Waals surface area contributed by atoms with Gasteiger partial charge in [0.05, 0.1) is 15.7 Å². The molecule has 8 heteroatoms. The number of thioether (sulfide) groups is 1. The second kappa shape index (κ2) is 6.10. The Balaban J connectivity index is 2.59. The van der Waals surface area contributed by atoms with E-state index < -0.39 is 16.3 Å². The lowest BCUT2D eigenvalue weighted by molar-refractivity contribution is -0.0326. The third kappa shape index (κ3) is 5.31. The van der Waals surface area contributed by atoms with Crippen molar-refractivity contribution < 1.29 is 17.4 Å². The van der Waals surface area contributed by atoms with Crippen molar-refractivity contribution in [1.29, 1.82) is 0 Å². The molecule has 1 aromatic carbocycles. The lowest BCUT2D eigenvalue weighted by Crippen LogP contribution is -2.08. The highest BCUT2D eigenvalue weighted by atomic mass is 79.9. The zero-order valence-corrected chi connectivity index (χ0v) is 11.7. The van der Waals surface area contributed by atoms with Crippen LogP contribution in [0.2, 0.25) is 0 Å². The second-order valence-corrected chi connectivity index (χ2v) is 6.64. The van der Waals surface area contributed by atoms with E-state index >= 15 is 0 Å². The van der Waals surface area contributed by atoms with Crippen LogP contribution in [0.4, 0.5) is 18.9 Å². The summed E-state index contributed by atoms with van der Waals surface area (Å²) in [6, 6.07) is 4.78. The summed E-state index contributed by atoms with van der Waals surface area (Å²) in [5.74, 6) is -0.318. The van der Waals surface area contributed by atoms with Gasteiger partial charge in [0.2, 0.25) is 0 Å². The maximum atomic E-state index is 11.9. The van der Waals surface area contributed by atoms with Crippen molar-refractivity contribution in [3.63, 3.8) is 0 Å². The Bertz CT molecular complexity index is 425.